The van der Waals surface area contributed by atoms with Gasteiger partial charge in [-0.25, -0.2) is 4.98 Å². The number of aromatic nitrogens is 1. The van der Waals surface area contributed by atoms with Gasteiger partial charge in [0.05, 0.1) is 26.3 Å². The molecule has 2 aromatic rings. The predicted octanol–water partition coefficient (Wildman–Crippen LogP) is 4.97. The molecule has 0 aliphatic carbocycles. The second-order valence-electron chi connectivity index (χ2n) is 3.83. The van der Waals surface area contributed by atoms with E-state index in [2.05, 4.69) is 16.4 Å². The van der Waals surface area contributed by atoms with Gasteiger partial charge in [-0.15, -0.1) is 0 Å². The van der Waals surface area contributed by atoms with Crippen LogP contribution in [0.5, 0.6) is 0 Å². The fraction of sp³-hybridized carbons (Fsp3) is 0.0769. The summed E-state index contributed by atoms with van der Waals surface area (Å²) >= 11 is 17.9. The van der Waals surface area contributed by atoms with Crippen LogP contribution in [0.1, 0.15) is 11.3 Å². The van der Waals surface area contributed by atoms with Crippen molar-refractivity contribution in [3.63, 3.8) is 0 Å². The minimum Gasteiger partial charge on any atom is -0.338 e. The smallest absolute Gasteiger partial charge is 0.148 e. The third kappa shape index (κ3) is 3.10. The molecule has 1 aromatic carbocycles. The van der Waals surface area contributed by atoms with Gasteiger partial charge in [0.15, 0.2) is 0 Å². The first kappa shape index (κ1) is 14.0. The van der Waals surface area contributed by atoms with Gasteiger partial charge in [-0.3, -0.25) is 0 Å². The van der Waals surface area contributed by atoms with Gasteiger partial charge in [0.2, 0.25) is 0 Å². The van der Waals surface area contributed by atoms with Crippen molar-refractivity contribution in [2.75, 3.05) is 5.32 Å². The molecular formula is C13H8Cl3N3. The Morgan fingerprint density at radius 1 is 1.11 bits per heavy atom. The van der Waals surface area contributed by atoms with Crippen LogP contribution in [0.2, 0.25) is 15.1 Å². The van der Waals surface area contributed by atoms with Crippen molar-refractivity contribution in [1.29, 1.82) is 5.26 Å². The number of benzene rings is 1. The Hall–Kier alpha value is -1.47. The maximum Gasteiger partial charge on any atom is 0.148 e. The monoisotopic (exact) mass is 311 g/mol. The first-order chi connectivity index (χ1) is 9.01. The third-order valence-corrected chi connectivity index (χ3v) is 3.45. The Bertz CT molecular complexity index is 678. The van der Waals surface area contributed by atoms with E-state index in [9.17, 15) is 0 Å². The van der Waals surface area contributed by atoms with Crippen molar-refractivity contribution in [2.45, 2.75) is 6.92 Å². The highest BCUT2D eigenvalue weighted by atomic mass is 35.5. The summed E-state index contributed by atoms with van der Waals surface area (Å²) in [5.74, 6) is 0.433. The van der Waals surface area contributed by atoms with Crippen LogP contribution in [0.4, 0.5) is 11.5 Å². The molecule has 0 unspecified atom stereocenters. The maximum absolute atomic E-state index is 9.05. The van der Waals surface area contributed by atoms with Gasteiger partial charge in [-0.2, -0.15) is 5.26 Å². The molecule has 96 valence electrons. The number of anilines is 2. The molecular weight excluding hydrogens is 305 g/mol. The Labute approximate surface area is 125 Å². The SMILES string of the molecule is Cc1ccc(C#N)c(Nc2cc(Cl)c(Cl)cc2Cl)n1. The predicted molar refractivity (Wildman–Crippen MR) is 78.4 cm³/mol. The van der Waals surface area contributed by atoms with Crippen LogP contribution in [0.25, 0.3) is 0 Å². The van der Waals surface area contributed by atoms with E-state index in [0.29, 0.717) is 32.1 Å². The van der Waals surface area contributed by atoms with Crippen molar-refractivity contribution in [2.24, 2.45) is 0 Å². The summed E-state index contributed by atoms with van der Waals surface area (Å²) in [6.07, 6.45) is 0. The van der Waals surface area contributed by atoms with E-state index in [1.54, 1.807) is 18.2 Å². The molecule has 1 heterocycles. The van der Waals surface area contributed by atoms with Crippen molar-refractivity contribution in [3.8, 4) is 6.07 Å². The molecule has 0 bridgehead atoms. The zero-order valence-electron chi connectivity index (χ0n) is 9.84. The fourth-order valence-electron chi connectivity index (χ4n) is 1.49. The molecule has 0 aliphatic heterocycles. The highest BCUT2D eigenvalue weighted by molar-refractivity contribution is 6.44. The Morgan fingerprint density at radius 2 is 1.79 bits per heavy atom. The average molecular weight is 313 g/mol. The van der Waals surface area contributed by atoms with Gasteiger partial charge in [0.25, 0.3) is 0 Å². The number of halogens is 3. The summed E-state index contributed by atoms with van der Waals surface area (Å²) < 4.78 is 0. The number of nitriles is 1. The lowest BCUT2D eigenvalue weighted by atomic mass is 10.2. The molecule has 0 saturated heterocycles. The van der Waals surface area contributed by atoms with Crippen LogP contribution in [-0.2, 0) is 0 Å². The van der Waals surface area contributed by atoms with Crippen LogP contribution in [0.15, 0.2) is 24.3 Å². The van der Waals surface area contributed by atoms with Crippen LogP contribution in [0, 0.1) is 18.3 Å². The molecule has 6 heteroatoms. The number of rotatable bonds is 2. The number of hydrogen-bond acceptors (Lipinski definition) is 3. The summed E-state index contributed by atoms with van der Waals surface area (Å²) in [6, 6.07) is 8.65. The van der Waals surface area contributed by atoms with Crippen molar-refractivity contribution in [3.05, 3.63) is 50.6 Å². The Morgan fingerprint density at radius 3 is 2.47 bits per heavy atom. The third-order valence-electron chi connectivity index (χ3n) is 2.42. The molecule has 0 saturated carbocycles. The van der Waals surface area contributed by atoms with Gasteiger partial charge < -0.3 is 5.32 Å². The quantitative estimate of drug-likeness (QED) is 0.797. The van der Waals surface area contributed by atoms with E-state index in [1.807, 2.05) is 6.92 Å². The number of aryl methyl sites for hydroxylation is 1. The van der Waals surface area contributed by atoms with Crippen LogP contribution >= 0.6 is 34.8 Å². The molecule has 1 aromatic heterocycles. The molecule has 19 heavy (non-hydrogen) atoms. The topological polar surface area (TPSA) is 48.7 Å². The van der Waals surface area contributed by atoms with Gasteiger partial charge in [-0.1, -0.05) is 34.8 Å². The maximum atomic E-state index is 9.05. The minimum atomic E-state index is 0.370. The first-order valence-corrected chi connectivity index (χ1v) is 6.44. The van der Waals surface area contributed by atoms with Crippen molar-refractivity contribution >= 4 is 46.3 Å². The van der Waals surface area contributed by atoms with Crippen molar-refractivity contribution < 1.29 is 0 Å². The number of nitrogens with one attached hydrogen (secondary N) is 1. The zero-order chi connectivity index (χ0) is 14.0. The van der Waals surface area contributed by atoms with Gasteiger partial charge in [-0.05, 0) is 31.2 Å². The highest BCUT2D eigenvalue weighted by Crippen LogP contribution is 2.34. The van der Waals surface area contributed by atoms with Crippen LogP contribution in [-0.4, -0.2) is 4.98 Å². The summed E-state index contributed by atoms with van der Waals surface area (Å²) in [5.41, 5.74) is 1.76. The summed E-state index contributed by atoms with van der Waals surface area (Å²) in [5, 5.41) is 13.2. The standard InChI is InChI=1S/C13H8Cl3N3/c1-7-2-3-8(6-17)13(18-7)19-12-5-10(15)9(14)4-11(12)16/h2-5H,1H3,(H,18,19). The van der Waals surface area contributed by atoms with Crippen LogP contribution in [0.3, 0.4) is 0 Å². The molecule has 1 N–H and O–H groups in total. The largest absolute Gasteiger partial charge is 0.338 e. The van der Waals surface area contributed by atoms with Gasteiger partial charge in [0, 0.05) is 5.69 Å². The fourth-order valence-corrected chi connectivity index (χ4v) is 2.08. The molecule has 2 rings (SSSR count). The lowest BCUT2D eigenvalue weighted by molar-refractivity contribution is 1.19. The van der Waals surface area contributed by atoms with E-state index < -0.39 is 0 Å². The molecule has 0 amide bonds. The second kappa shape index (κ2) is 5.66. The van der Waals surface area contributed by atoms with Crippen molar-refractivity contribution in [1.82, 2.24) is 4.98 Å². The van der Waals surface area contributed by atoms with E-state index in [4.69, 9.17) is 40.1 Å². The van der Waals surface area contributed by atoms with Crippen LogP contribution < -0.4 is 5.32 Å². The number of hydrogen-bond donors (Lipinski definition) is 1. The Balaban J connectivity index is 2.45. The van der Waals surface area contributed by atoms with Gasteiger partial charge in [0.1, 0.15) is 11.9 Å². The lowest BCUT2D eigenvalue weighted by Crippen LogP contribution is -1.99. The molecule has 0 fully saturated rings. The number of pyridine rings is 1. The highest BCUT2D eigenvalue weighted by Gasteiger charge is 2.09. The van der Waals surface area contributed by atoms with E-state index >= 15 is 0 Å². The zero-order valence-corrected chi connectivity index (χ0v) is 12.1. The normalized spacial score (nSPS) is 10.1. The number of nitrogens with zero attached hydrogens (tertiary/aromatic N) is 2. The summed E-state index contributed by atoms with van der Waals surface area (Å²) in [7, 11) is 0. The Kier molecular flexibility index (Phi) is 4.16. The molecule has 0 radical (unpaired) electrons. The van der Waals surface area contributed by atoms with E-state index in [0.717, 1.165) is 5.69 Å². The van der Waals surface area contributed by atoms with E-state index in [-0.39, 0.29) is 0 Å². The molecule has 0 aliphatic rings. The molecule has 0 atom stereocenters. The molecule has 3 nitrogen and oxygen atoms in total. The summed E-state index contributed by atoms with van der Waals surface area (Å²) in [4.78, 5) is 4.26. The average Bonchev–Trinajstić information content (AvgIpc) is 2.36. The summed E-state index contributed by atoms with van der Waals surface area (Å²) in [6.45, 7) is 1.84. The first-order valence-electron chi connectivity index (χ1n) is 5.30. The van der Waals surface area contributed by atoms with E-state index in [1.165, 1.54) is 6.07 Å². The lowest BCUT2D eigenvalue weighted by Gasteiger charge is -2.10. The minimum absolute atomic E-state index is 0.370. The van der Waals surface area contributed by atoms with Gasteiger partial charge >= 0.3 is 0 Å². The second-order valence-corrected chi connectivity index (χ2v) is 5.05. The molecule has 0 spiro atoms.